The quantitative estimate of drug-likeness (QED) is 0.463. The summed E-state index contributed by atoms with van der Waals surface area (Å²) in [6, 6.07) is 3.47. The van der Waals surface area contributed by atoms with Crippen LogP contribution in [0.3, 0.4) is 0 Å². The molecule has 0 unspecified atom stereocenters. The molecule has 0 radical (unpaired) electrons. The Morgan fingerprint density at radius 2 is 2.35 bits per heavy atom. The Hall–Kier alpha value is -2.64. The molecule has 0 saturated carbocycles. The first-order valence-electron chi connectivity index (χ1n) is 4.39. The van der Waals surface area contributed by atoms with Gasteiger partial charge in [0.1, 0.15) is 5.75 Å². The van der Waals surface area contributed by atoms with E-state index in [0.717, 1.165) is 25.5 Å². The summed E-state index contributed by atoms with van der Waals surface area (Å²) < 4.78 is 4.24. The van der Waals surface area contributed by atoms with E-state index in [4.69, 9.17) is 0 Å². The Bertz CT molecular complexity index is 472. The number of phenolic OH excluding ortho intramolecular Hbond substituents is 1. The molecule has 1 aromatic rings. The number of amides is 1. The molecule has 8 nitrogen and oxygen atoms in total. The van der Waals surface area contributed by atoms with Gasteiger partial charge >= 0.3 is 6.09 Å². The molecule has 8 heteroatoms. The Morgan fingerprint density at radius 3 is 2.94 bits per heavy atom. The van der Waals surface area contributed by atoms with Gasteiger partial charge in [-0.2, -0.15) is 5.10 Å². The number of aromatic hydroxyl groups is 1. The predicted molar refractivity (Wildman–Crippen MR) is 57.9 cm³/mol. The zero-order valence-electron chi connectivity index (χ0n) is 8.78. The third kappa shape index (κ3) is 3.45. The molecule has 17 heavy (non-hydrogen) atoms. The first-order valence-corrected chi connectivity index (χ1v) is 4.39. The summed E-state index contributed by atoms with van der Waals surface area (Å²) in [6.45, 7) is 0. The van der Waals surface area contributed by atoms with Crippen molar-refractivity contribution >= 4 is 18.0 Å². The predicted octanol–water partition coefficient (Wildman–Crippen LogP) is 0.990. The smallest absolute Gasteiger partial charge is 0.427 e. The van der Waals surface area contributed by atoms with Crippen LogP contribution in [-0.2, 0) is 4.74 Å². The minimum atomic E-state index is -0.802. The third-order valence-electron chi connectivity index (χ3n) is 1.75. The summed E-state index contributed by atoms with van der Waals surface area (Å²) in [5, 5.41) is 23.2. The molecular weight excluding hydrogens is 230 g/mol. The molecule has 0 aliphatic rings. The molecule has 0 saturated heterocycles. The molecule has 0 bridgehead atoms. The average molecular weight is 239 g/mol. The lowest BCUT2D eigenvalue weighted by molar-refractivity contribution is -0.385. The van der Waals surface area contributed by atoms with Crippen LogP contribution in [-0.4, -0.2) is 29.4 Å². The fraction of sp³-hybridized carbons (Fsp3) is 0.111. The van der Waals surface area contributed by atoms with Crippen molar-refractivity contribution in [2.75, 3.05) is 7.11 Å². The van der Waals surface area contributed by atoms with E-state index in [9.17, 15) is 20.0 Å². The second-order valence-corrected chi connectivity index (χ2v) is 2.86. The van der Waals surface area contributed by atoms with Crippen molar-refractivity contribution in [1.29, 1.82) is 0 Å². The molecule has 1 amide bonds. The monoisotopic (exact) mass is 239 g/mol. The Labute approximate surface area is 95.7 Å². The number of nitro benzene ring substituents is 1. The summed E-state index contributed by atoms with van der Waals surface area (Å²) in [5.41, 5.74) is 1.79. The second-order valence-electron chi connectivity index (χ2n) is 2.86. The lowest BCUT2D eigenvalue weighted by Gasteiger charge is -1.98. The maximum Gasteiger partial charge on any atom is 0.427 e. The standard InChI is InChI=1S/C9H9N3O5/c1-17-9(14)11-10-5-6-4-7(13)2-3-8(6)12(15)16/h2-5,13H,1H3,(H,11,14). The number of hydrogen-bond donors (Lipinski definition) is 2. The summed E-state index contributed by atoms with van der Waals surface area (Å²) in [5.74, 6) is -0.143. The largest absolute Gasteiger partial charge is 0.508 e. The van der Waals surface area contributed by atoms with Gasteiger partial charge in [0.25, 0.3) is 5.69 Å². The normalized spacial score (nSPS) is 10.2. The van der Waals surface area contributed by atoms with Crippen LogP contribution in [0.25, 0.3) is 0 Å². The Balaban J connectivity index is 2.92. The maximum atomic E-state index is 10.7. The van der Waals surface area contributed by atoms with Crippen LogP contribution in [0.4, 0.5) is 10.5 Å². The van der Waals surface area contributed by atoms with Gasteiger partial charge in [0, 0.05) is 6.07 Å². The van der Waals surface area contributed by atoms with E-state index in [-0.39, 0.29) is 17.0 Å². The first-order chi connectivity index (χ1) is 8.04. The molecule has 2 N–H and O–H groups in total. The van der Waals surface area contributed by atoms with Gasteiger partial charge in [0.05, 0.1) is 23.8 Å². The summed E-state index contributed by atoms with van der Waals surface area (Å²) >= 11 is 0. The van der Waals surface area contributed by atoms with Gasteiger partial charge in [-0.1, -0.05) is 0 Å². The zero-order chi connectivity index (χ0) is 12.8. The number of hydrogen-bond acceptors (Lipinski definition) is 6. The van der Waals surface area contributed by atoms with E-state index in [2.05, 4.69) is 9.84 Å². The van der Waals surface area contributed by atoms with Crippen LogP contribution in [0.15, 0.2) is 23.3 Å². The summed E-state index contributed by atoms with van der Waals surface area (Å²) in [4.78, 5) is 20.7. The fourth-order valence-corrected chi connectivity index (χ4v) is 1.01. The zero-order valence-corrected chi connectivity index (χ0v) is 8.78. The van der Waals surface area contributed by atoms with Crippen LogP contribution in [0.2, 0.25) is 0 Å². The van der Waals surface area contributed by atoms with Crippen LogP contribution in [0.5, 0.6) is 5.75 Å². The number of nitrogens with one attached hydrogen (secondary N) is 1. The SMILES string of the molecule is COC(=O)NN=Cc1cc(O)ccc1[N+](=O)[O-]. The number of nitrogens with zero attached hydrogens (tertiary/aromatic N) is 2. The number of nitro groups is 1. The van der Waals surface area contributed by atoms with E-state index in [1.807, 2.05) is 5.43 Å². The fourth-order valence-electron chi connectivity index (χ4n) is 1.01. The molecule has 1 rings (SSSR count). The number of methoxy groups -OCH3 is 1. The Kier molecular flexibility index (Phi) is 3.98. The van der Waals surface area contributed by atoms with Crippen LogP contribution in [0.1, 0.15) is 5.56 Å². The number of ether oxygens (including phenoxy) is 1. The average Bonchev–Trinajstić information content (AvgIpc) is 2.28. The molecule has 0 aliphatic heterocycles. The van der Waals surface area contributed by atoms with E-state index in [1.165, 1.54) is 6.07 Å². The van der Waals surface area contributed by atoms with Crippen LogP contribution >= 0.6 is 0 Å². The topological polar surface area (TPSA) is 114 Å². The molecule has 0 spiro atoms. The van der Waals surface area contributed by atoms with Gasteiger partial charge in [0.15, 0.2) is 0 Å². The van der Waals surface area contributed by atoms with Gasteiger partial charge in [-0.15, -0.1) is 0 Å². The van der Waals surface area contributed by atoms with Crippen molar-refractivity contribution < 1.29 is 19.6 Å². The highest BCUT2D eigenvalue weighted by Crippen LogP contribution is 2.21. The molecule has 1 aromatic carbocycles. The number of carbonyl (C=O) groups excluding carboxylic acids is 1. The van der Waals surface area contributed by atoms with Crippen LogP contribution < -0.4 is 5.43 Å². The van der Waals surface area contributed by atoms with E-state index in [0.29, 0.717) is 0 Å². The number of carbonyl (C=O) groups is 1. The van der Waals surface area contributed by atoms with Gasteiger partial charge in [0.2, 0.25) is 0 Å². The Morgan fingerprint density at radius 1 is 1.65 bits per heavy atom. The van der Waals surface area contributed by atoms with Crippen molar-refractivity contribution in [2.24, 2.45) is 5.10 Å². The number of phenols is 1. The summed E-state index contributed by atoms with van der Waals surface area (Å²) in [7, 11) is 1.15. The minimum absolute atomic E-state index is 0.0615. The van der Waals surface area contributed by atoms with E-state index < -0.39 is 11.0 Å². The van der Waals surface area contributed by atoms with Gasteiger partial charge in [-0.3, -0.25) is 10.1 Å². The lowest BCUT2D eigenvalue weighted by atomic mass is 10.2. The second kappa shape index (κ2) is 5.45. The minimum Gasteiger partial charge on any atom is -0.508 e. The van der Waals surface area contributed by atoms with Crippen LogP contribution in [0, 0.1) is 10.1 Å². The molecule has 0 heterocycles. The first kappa shape index (κ1) is 12.4. The van der Waals surface area contributed by atoms with E-state index >= 15 is 0 Å². The van der Waals surface area contributed by atoms with Crippen molar-refractivity contribution in [3.8, 4) is 5.75 Å². The summed E-state index contributed by atoms with van der Waals surface area (Å²) in [6.07, 6.45) is 0.235. The van der Waals surface area contributed by atoms with Crippen molar-refractivity contribution in [1.82, 2.24) is 5.43 Å². The number of rotatable bonds is 3. The van der Waals surface area contributed by atoms with Gasteiger partial charge in [-0.05, 0) is 12.1 Å². The van der Waals surface area contributed by atoms with Gasteiger partial charge in [-0.25, -0.2) is 10.2 Å². The highest BCUT2D eigenvalue weighted by molar-refractivity contribution is 5.86. The lowest BCUT2D eigenvalue weighted by Crippen LogP contribution is -2.16. The number of benzene rings is 1. The molecule has 0 atom stereocenters. The van der Waals surface area contributed by atoms with Crippen molar-refractivity contribution in [3.63, 3.8) is 0 Å². The highest BCUT2D eigenvalue weighted by Gasteiger charge is 2.12. The maximum absolute atomic E-state index is 10.7. The van der Waals surface area contributed by atoms with Crippen molar-refractivity contribution in [2.45, 2.75) is 0 Å². The van der Waals surface area contributed by atoms with Crippen molar-refractivity contribution in [3.05, 3.63) is 33.9 Å². The molecule has 0 aliphatic carbocycles. The number of hydrazone groups is 1. The molecule has 0 aromatic heterocycles. The molecule has 0 fully saturated rings. The molecular formula is C9H9N3O5. The highest BCUT2D eigenvalue weighted by atomic mass is 16.6. The molecule has 90 valence electrons. The van der Waals surface area contributed by atoms with E-state index in [1.54, 1.807) is 0 Å². The third-order valence-corrected chi connectivity index (χ3v) is 1.75. The van der Waals surface area contributed by atoms with Gasteiger partial charge < -0.3 is 9.84 Å².